The van der Waals surface area contributed by atoms with Crippen molar-refractivity contribution in [2.24, 2.45) is 5.92 Å². The van der Waals surface area contributed by atoms with Crippen LogP contribution in [0.3, 0.4) is 0 Å². The van der Waals surface area contributed by atoms with Crippen LogP contribution in [0.5, 0.6) is 0 Å². The van der Waals surface area contributed by atoms with E-state index in [1.54, 1.807) is 6.92 Å². The Morgan fingerprint density at radius 1 is 1.60 bits per heavy atom. The fraction of sp³-hybridized carbons (Fsp3) is 0.667. The minimum Gasteiger partial charge on any atom is -0.543 e. The van der Waals surface area contributed by atoms with E-state index in [0.29, 0.717) is 11.5 Å². The van der Waals surface area contributed by atoms with Gasteiger partial charge in [-0.2, -0.15) is 0 Å². The Morgan fingerprint density at radius 2 is 2.30 bits per heavy atom. The number of amides is 1. The number of carbonyl (C=O) groups is 2. The largest absolute Gasteiger partial charge is 1.00 e. The number of rotatable bonds is 3. The molecule has 2 saturated heterocycles. The number of thioether (sulfide) groups is 1. The van der Waals surface area contributed by atoms with Gasteiger partial charge >= 0.3 is 51.4 Å². The number of β-lactam (4-membered cyclic amide) rings is 1. The molecule has 4 atom stereocenters. The van der Waals surface area contributed by atoms with Gasteiger partial charge in [0.1, 0.15) is 5.37 Å². The molecule has 104 valence electrons. The van der Waals surface area contributed by atoms with Crippen molar-refractivity contribution in [2.45, 2.75) is 37.3 Å². The van der Waals surface area contributed by atoms with Crippen LogP contribution in [0.2, 0.25) is 0 Å². The van der Waals surface area contributed by atoms with Gasteiger partial charge in [-0.3, -0.25) is 9.69 Å². The zero-order chi connectivity index (χ0) is 13.7. The summed E-state index contributed by atoms with van der Waals surface area (Å²) < 4.78 is 5.50. The van der Waals surface area contributed by atoms with Crippen molar-refractivity contribution in [3.8, 4) is 0 Å². The second-order valence-corrected chi connectivity index (χ2v) is 6.14. The molecule has 0 aromatic heterocycles. The molecule has 0 aromatic rings. The van der Waals surface area contributed by atoms with Gasteiger partial charge < -0.3 is 19.7 Å². The molecule has 0 aliphatic carbocycles. The molecule has 3 aliphatic rings. The van der Waals surface area contributed by atoms with E-state index in [0.717, 1.165) is 12.8 Å². The summed E-state index contributed by atoms with van der Waals surface area (Å²) in [7, 11) is 0. The predicted molar refractivity (Wildman–Crippen MR) is 64.4 cm³/mol. The fourth-order valence-electron chi connectivity index (χ4n) is 2.81. The number of carbonyl (C=O) groups excluding carboxylic acids is 2. The van der Waals surface area contributed by atoms with Crippen LogP contribution in [0, 0.1) is 5.92 Å². The van der Waals surface area contributed by atoms with E-state index in [9.17, 15) is 19.8 Å². The first-order valence-electron chi connectivity index (χ1n) is 6.27. The van der Waals surface area contributed by atoms with Crippen LogP contribution < -0.4 is 56.5 Å². The molecule has 0 aromatic carbocycles. The molecule has 20 heavy (non-hydrogen) atoms. The molecule has 2 fully saturated rings. The summed E-state index contributed by atoms with van der Waals surface area (Å²) in [6.45, 7) is 2.15. The molecule has 1 amide bonds. The third-order valence-electron chi connectivity index (χ3n) is 3.74. The average molecular weight is 323 g/mol. The zero-order valence-electron chi connectivity index (χ0n) is 11.4. The molecule has 3 heterocycles. The predicted octanol–water partition coefficient (Wildman–Crippen LogP) is -3.96. The minimum atomic E-state index is -1.35. The summed E-state index contributed by atoms with van der Waals surface area (Å²) in [6.07, 6.45) is 0.597. The van der Waals surface area contributed by atoms with Gasteiger partial charge in [0.05, 0.1) is 29.8 Å². The molecule has 0 radical (unpaired) electrons. The summed E-state index contributed by atoms with van der Waals surface area (Å²) in [5.41, 5.74) is -0.0659. The Labute approximate surface area is 163 Å². The molecule has 6 nitrogen and oxygen atoms in total. The maximum absolute atomic E-state index is 11.9. The van der Waals surface area contributed by atoms with E-state index in [1.807, 2.05) is 0 Å². The standard InChI is InChI=1S/C12H15NO5S.K/c1-5(14)7-10(15)13-8(12(16)17)9(19-11(7)13)6-3-2-4-18-6;/h5-7,11,14H,2-4H2,1H3,(H,16,17);/q;+1/p-1/t5-,6+,7+,11-;/m1./s1. The molecule has 8 heteroatoms. The van der Waals surface area contributed by atoms with Gasteiger partial charge in [0, 0.05) is 11.5 Å². The van der Waals surface area contributed by atoms with Crippen molar-refractivity contribution in [3.05, 3.63) is 10.6 Å². The summed E-state index contributed by atoms with van der Waals surface area (Å²) >= 11 is 1.31. The van der Waals surface area contributed by atoms with Crippen LogP contribution in [0.1, 0.15) is 19.8 Å². The summed E-state index contributed by atoms with van der Waals surface area (Å²) in [4.78, 5) is 25.0. The normalized spacial score (nSPS) is 33.6. The first kappa shape index (κ1) is 16.9. The van der Waals surface area contributed by atoms with E-state index in [2.05, 4.69) is 0 Å². The van der Waals surface area contributed by atoms with E-state index in [1.165, 1.54) is 16.7 Å². The quantitative estimate of drug-likeness (QED) is 0.421. The average Bonchev–Trinajstić information content (AvgIpc) is 2.92. The van der Waals surface area contributed by atoms with Crippen LogP contribution in [-0.2, 0) is 14.3 Å². The molecule has 0 spiro atoms. The second-order valence-electron chi connectivity index (χ2n) is 4.99. The molecular formula is C12H14KNO5S. The maximum Gasteiger partial charge on any atom is 1.00 e. The fourth-order valence-corrected chi connectivity index (χ4v) is 4.51. The topological polar surface area (TPSA) is 89.9 Å². The van der Waals surface area contributed by atoms with Gasteiger partial charge in [0.2, 0.25) is 5.91 Å². The molecular weight excluding hydrogens is 309 g/mol. The number of hydrogen-bond donors (Lipinski definition) is 1. The van der Waals surface area contributed by atoms with Crippen LogP contribution in [0.15, 0.2) is 10.6 Å². The number of ether oxygens (including phenoxy) is 1. The first-order chi connectivity index (χ1) is 9.02. The molecule has 0 bridgehead atoms. The smallest absolute Gasteiger partial charge is 0.543 e. The number of hydrogen-bond acceptors (Lipinski definition) is 6. The van der Waals surface area contributed by atoms with E-state index in [-0.39, 0.29) is 74.5 Å². The van der Waals surface area contributed by atoms with Crippen LogP contribution in [0.4, 0.5) is 0 Å². The van der Waals surface area contributed by atoms with Gasteiger partial charge in [0.25, 0.3) is 0 Å². The van der Waals surface area contributed by atoms with Gasteiger partial charge in [-0.1, -0.05) is 11.8 Å². The van der Waals surface area contributed by atoms with Gasteiger partial charge in [0.15, 0.2) is 0 Å². The Hall–Kier alpha value is 0.586. The Balaban J connectivity index is 0.00000147. The van der Waals surface area contributed by atoms with Crippen molar-refractivity contribution in [2.75, 3.05) is 6.61 Å². The Kier molecular flexibility index (Phi) is 5.40. The second kappa shape index (κ2) is 6.37. The third-order valence-corrected chi connectivity index (χ3v) is 5.20. The summed E-state index contributed by atoms with van der Waals surface area (Å²) in [5, 5.41) is 20.5. The van der Waals surface area contributed by atoms with E-state index in [4.69, 9.17) is 4.74 Å². The number of carboxylic acid groups (broad SMARTS) is 1. The van der Waals surface area contributed by atoms with Crippen molar-refractivity contribution in [1.82, 2.24) is 4.90 Å². The number of aliphatic hydroxyl groups is 1. The molecule has 0 unspecified atom stereocenters. The van der Waals surface area contributed by atoms with E-state index >= 15 is 0 Å². The molecule has 3 aliphatic heterocycles. The SMILES string of the molecule is C[C@@H](O)[C@H]1C(=O)N2C(C(=O)[O-])=C([C@@H]3CCCO3)S[C@H]12.[K+]. The minimum absolute atomic E-state index is 0. The van der Waals surface area contributed by atoms with Crippen LogP contribution >= 0.6 is 11.8 Å². The monoisotopic (exact) mass is 323 g/mol. The van der Waals surface area contributed by atoms with E-state index < -0.39 is 18.0 Å². The zero-order valence-corrected chi connectivity index (χ0v) is 15.3. The first-order valence-corrected chi connectivity index (χ1v) is 7.15. The maximum atomic E-state index is 11.9. The molecule has 1 N–H and O–H groups in total. The van der Waals surface area contributed by atoms with Gasteiger partial charge in [-0.25, -0.2) is 0 Å². The summed E-state index contributed by atoms with van der Waals surface area (Å²) in [5.74, 6) is -2.24. The van der Waals surface area contributed by atoms with Crippen LogP contribution in [-0.4, -0.2) is 46.1 Å². The number of carboxylic acids is 1. The number of nitrogens with zero attached hydrogens (tertiary/aromatic N) is 1. The van der Waals surface area contributed by atoms with Crippen LogP contribution in [0.25, 0.3) is 0 Å². The molecule has 3 rings (SSSR count). The Bertz CT molecular complexity index is 474. The van der Waals surface area contributed by atoms with Crippen molar-refractivity contribution in [3.63, 3.8) is 0 Å². The van der Waals surface area contributed by atoms with Crippen molar-refractivity contribution < 1.29 is 75.9 Å². The number of aliphatic hydroxyl groups excluding tert-OH is 1. The molecule has 0 saturated carbocycles. The number of fused-ring (bicyclic) bond motifs is 1. The summed E-state index contributed by atoms with van der Waals surface area (Å²) in [6, 6.07) is 0. The Morgan fingerprint density at radius 3 is 2.80 bits per heavy atom. The van der Waals surface area contributed by atoms with Gasteiger partial charge in [-0.05, 0) is 19.8 Å². The van der Waals surface area contributed by atoms with Gasteiger partial charge in [-0.15, -0.1) is 0 Å². The van der Waals surface area contributed by atoms with Crippen molar-refractivity contribution in [1.29, 1.82) is 0 Å². The number of aliphatic carboxylic acids is 1. The van der Waals surface area contributed by atoms with Crippen molar-refractivity contribution >= 4 is 23.6 Å². The third kappa shape index (κ3) is 2.54.